The summed E-state index contributed by atoms with van der Waals surface area (Å²) in [5.41, 5.74) is 3.16. The number of aryl methyl sites for hydroxylation is 1. The van der Waals surface area contributed by atoms with Crippen molar-refractivity contribution in [1.29, 1.82) is 0 Å². The van der Waals surface area contributed by atoms with Gasteiger partial charge in [0.25, 0.3) is 5.91 Å². The maximum Gasteiger partial charge on any atom is 0.251 e. The van der Waals surface area contributed by atoms with Gasteiger partial charge in [-0.25, -0.2) is 0 Å². The second-order valence-corrected chi connectivity index (χ2v) is 4.63. The Hall–Kier alpha value is -2.17. The molecule has 0 spiro atoms. The highest BCUT2D eigenvalue weighted by Gasteiger charge is 2.17. The number of amides is 3. The maximum absolute atomic E-state index is 11.1. The highest BCUT2D eigenvalue weighted by molar-refractivity contribution is 5.98. The van der Waals surface area contributed by atoms with Crippen molar-refractivity contribution in [1.82, 2.24) is 10.6 Å². The SMILES string of the molecule is CCCCC(=O)NC=O.Cc1ccc2c(c1)CNC2=O. The van der Waals surface area contributed by atoms with E-state index in [0.29, 0.717) is 19.4 Å². The number of fused-ring (bicyclic) bond motifs is 1. The van der Waals surface area contributed by atoms with Gasteiger partial charge in [-0.3, -0.25) is 19.7 Å². The summed E-state index contributed by atoms with van der Waals surface area (Å²) >= 11 is 0. The van der Waals surface area contributed by atoms with Gasteiger partial charge in [0.15, 0.2) is 0 Å². The lowest BCUT2D eigenvalue weighted by Gasteiger charge is -1.95. The zero-order valence-corrected chi connectivity index (χ0v) is 11.9. The molecule has 108 valence electrons. The van der Waals surface area contributed by atoms with Crippen molar-refractivity contribution in [3.05, 3.63) is 34.9 Å². The van der Waals surface area contributed by atoms with E-state index in [0.717, 1.165) is 24.0 Å². The molecule has 20 heavy (non-hydrogen) atoms. The molecule has 1 aliphatic rings. The third-order valence-corrected chi connectivity index (χ3v) is 2.92. The highest BCUT2D eigenvalue weighted by Crippen LogP contribution is 2.16. The Bertz CT molecular complexity index is 498. The number of nitrogens with one attached hydrogen (secondary N) is 2. The van der Waals surface area contributed by atoms with Crippen LogP contribution in [0.2, 0.25) is 0 Å². The lowest BCUT2D eigenvalue weighted by molar-refractivity contribution is -0.125. The van der Waals surface area contributed by atoms with Gasteiger partial charge in [-0.1, -0.05) is 31.0 Å². The van der Waals surface area contributed by atoms with Crippen molar-refractivity contribution in [2.75, 3.05) is 0 Å². The van der Waals surface area contributed by atoms with Gasteiger partial charge in [0, 0.05) is 18.5 Å². The Morgan fingerprint density at radius 2 is 2.20 bits per heavy atom. The van der Waals surface area contributed by atoms with E-state index < -0.39 is 0 Å². The molecule has 0 unspecified atom stereocenters. The Balaban J connectivity index is 0.000000206. The van der Waals surface area contributed by atoms with Crippen LogP contribution in [0.3, 0.4) is 0 Å². The zero-order chi connectivity index (χ0) is 15.0. The van der Waals surface area contributed by atoms with Gasteiger partial charge in [-0.2, -0.15) is 0 Å². The topological polar surface area (TPSA) is 75.3 Å². The number of hydrogen-bond acceptors (Lipinski definition) is 3. The normalized spacial score (nSPS) is 11.8. The quantitative estimate of drug-likeness (QED) is 0.822. The summed E-state index contributed by atoms with van der Waals surface area (Å²) in [6.07, 6.45) is 2.69. The number of carbonyl (C=O) groups is 3. The van der Waals surface area contributed by atoms with Gasteiger partial charge in [-0.15, -0.1) is 0 Å². The summed E-state index contributed by atoms with van der Waals surface area (Å²) in [5.74, 6) is -0.133. The molecule has 3 amide bonds. The van der Waals surface area contributed by atoms with Gasteiger partial charge in [0.05, 0.1) is 0 Å². The summed E-state index contributed by atoms with van der Waals surface area (Å²) < 4.78 is 0. The molecular weight excluding hydrogens is 256 g/mol. The van der Waals surface area contributed by atoms with Crippen molar-refractivity contribution in [3.63, 3.8) is 0 Å². The molecule has 1 aromatic rings. The fourth-order valence-corrected chi connectivity index (χ4v) is 1.84. The van der Waals surface area contributed by atoms with E-state index in [1.807, 2.05) is 32.0 Å². The monoisotopic (exact) mass is 276 g/mol. The Labute approximate surface area is 118 Å². The first-order valence-corrected chi connectivity index (χ1v) is 6.69. The molecule has 0 aromatic heterocycles. The summed E-state index contributed by atoms with van der Waals surface area (Å²) in [7, 11) is 0. The number of imide groups is 1. The van der Waals surface area contributed by atoms with Crippen molar-refractivity contribution in [2.24, 2.45) is 0 Å². The predicted molar refractivity (Wildman–Crippen MR) is 76.1 cm³/mol. The van der Waals surface area contributed by atoms with Crippen LogP contribution in [0, 0.1) is 6.92 Å². The predicted octanol–water partition coefficient (Wildman–Crippen LogP) is 1.69. The van der Waals surface area contributed by atoms with Crippen LogP contribution in [-0.4, -0.2) is 18.2 Å². The second kappa shape index (κ2) is 8.09. The first kappa shape index (κ1) is 15.9. The molecule has 1 heterocycles. The number of carbonyl (C=O) groups excluding carboxylic acids is 3. The molecule has 0 fully saturated rings. The first-order chi connectivity index (χ1) is 9.58. The largest absolute Gasteiger partial charge is 0.348 e. The van der Waals surface area contributed by atoms with Crippen LogP contribution in [0.15, 0.2) is 18.2 Å². The average molecular weight is 276 g/mol. The molecule has 0 atom stereocenters. The summed E-state index contributed by atoms with van der Waals surface area (Å²) in [4.78, 5) is 31.2. The fourth-order valence-electron chi connectivity index (χ4n) is 1.84. The molecule has 1 aliphatic heterocycles. The molecule has 2 rings (SSSR count). The van der Waals surface area contributed by atoms with Gasteiger partial charge in [0.1, 0.15) is 0 Å². The van der Waals surface area contributed by atoms with Crippen molar-refractivity contribution >= 4 is 18.2 Å². The van der Waals surface area contributed by atoms with Crippen LogP contribution < -0.4 is 10.6 Å². The van der Waals surface area contributed by atoms with E-state index in [1.54, 1.807) is 0 Å². The Kier molecular flexibility index (Phi) is 6.43. The van der Waals surface area contributed by atoms with Gasteiger partial charge >= 0.3 is 0 Å². The van der Waals surface area contributed by atoms with Crippen molar-refractivity contribution in [2.45, 2.75) is 39.7 Å². The Morgan fingerprint density at radius 3 is 2.85 bits per heavy atom. The standard InChI is InChI=1S/C9H9NO.C6H11NO2/c1-6-2-3-8-7(4-6)5-10-9(8)11;1-2-3-4-6(9)7-5-8/h2-4H,5H2,1H3,(H,10,11);5H,2-4H2,1H3,(H,7,8,9). The van der Waals surface area contributed by atoms with Crippen molar-refractivity contribution in [3.8, 4) is 0 Å². The summed E-state index contributed by atoms with van der Waals surface area (Å²) in [6, 6.07) is 5.89. The molecule has 1 aromatic carbocycles. The lowest BCUT2D eigenvalue weighted by Crippen LogP contribution is -2.20. The van der Waals surface area contributed by atoms with Gasteiger partial charge in [-0.05, 0) is 25.0 Å². The van der Waals surface area contributed by atoms with Crippen LogP contribution in [0.4, 0.5) is 0 Å². The van der Waals surface area contributed by atoms with Crippen LogP contribution in [0.1, 0.15) is 47.7 Å². The second-order valence-electron chi connectivity index (χ2n) is 4.63. The molecule has 0 radical (unpaired) electrons. The van der Waals surface area contributed by atoms with E-state index >= 15 is 0 Å². The third kappa shape index (κ3) is 4.84. The van der Waals surface area contributed by atoms with Crippen LogP contribution in [0.5, 0.6) is 0 Å². The molecule has 5 nitrogen and oxygen atoms in total. The molecular formula is C15H20N2O3. The summed E-state index contributed by atoms with van der Waals surface area (Å²) in [5, 5.41) is 4.83. The summed E-state index contributed by atoms with van der Waals surface area (Å²) in [6.45, 7) is 4.72. The highest BCUT2D eigenvalue weighted by atomic mass is 16.2. The minimum atomic E-state index is -0.188. The minimum absolute atomic E-state index is 0.0556. The smallest absolute Gasteiger partial charge is 0.251 e. The minimum Gasteiger partial charge on any atom is -0.348 e. The fraction of sp³-hybridized carbons (Fsp3) is 0.400. The maximum atomic E-state index is 11.1. The molecule has 0 saturated carbocycles. The third-order valence-electron chi connectivity index (χ3n) is 2.92. The number of rotatable bonds is 4. The van der Waals surface area contributed by atoms with Crippen LogP contribution in [-0.2, 0) is 16.1 Å². The molecule has 0 saturated heterocycles. The molecule has 0 bridgehead atoms. The average Bonchev–Trinajstić information content (AvgIpc) is 2.78. The van der Waals surface area contributed by atoms with E-state index in [9.17, 15) is 14.4 Å². The van der Waals surface area contributed by atoms with Crippen LogP contribution >= 0.6 is 0 Å². The van der Waals surface area contributed by atoms with Gasteiger partial charge < -0.3 is 5.32 Å². The lowest BCUT2D eigenvalue weighted by atomic mass is 10.1. The molecule has 2 N–H and O–H groups in total. The van der Waals surface area contributed by atoms with Crippen LogP contribution in [0.25, 0.3) is 0 Å². The van der Waals surface area contributed by atoms with Crippen molar-refractivity contribution < 1.29 is 14.4 Å². The molecule has 0 aliphatic carbocycles. The number of hydrogen-bond donors (Lipinski definition) is 2. The molecule has 5 heteroatoms. The van der Waals surface area contributed by atoms with E-state index in [1.165, 1.54) is 5.56 Å². The number of benzene rings is 1. The van der Waals surface area contributed by atoms with E-state index in [-0.39, 0.29) is 11.8 Å². The first-order valence-electron chi connectivity index (χ1n) is 6.69. The Morgan fingerprint density at radius 1 is 1.45 bits per heavy atom. The zero-order valence-electron chi connectivity index (χ0n) is 11.9. The van der Waals surface area contributed by atoms with E-state index in [4.69, 9.17) is 0 Å². The van der Waals surface area contributed by atoms with Gasteiger partial charge in [0.2, 0.25) is 12.3 Å². The number of unbranched alkanes of at least 4 members (excludes halogenated alkanes) is 1. The van der Waals surface area contributed by atoms with E-state index in [2.05, 4.69) is 10.6 Å².